The van der Waals surface area contributed by atoms with E-state index in [-0.39, 0.29) is 5.56 Å². The SMILES string of the molecule is C/C(=N\NC(=O)c1ccccc1F)c1ccc(Cl)cc1. The lowest BCUT2D eigenvalue weighted by Gasteiger charge is -2.04. The molecule has 0 aromatic heterocycles. The lowest BCUT2D eigenvalue weighted by Crippen LogP contribution is -2.20. The third kappa shape index (κ3) is 3.42. The zero-order valence-electron chi connectivity index (χ0n) is 10.7. The van der Waals surface area contributed by atoms with Gasteiger partial charge in [0.15, 0.2) is 0 Å². The van der Waals surface area contributed by atoms with Crippen LogP contribution in [0.25, 0.3) is 0 Å². The van der Waals surface area contributed by atoms with Crippen molar-refractivity contribution in [3.8, 4) is 0 Å². The van der Waals surface area contributed by atoms with E-state index in [1.165, 1.54) is 18.2 Å². The van der Waals surface area contributed by atoms with E-state index < -0.39 is 11.7 Å². The Labute approximate surface area is 121 Å². The second kappa shape index (κ2) is 6.30. The summed E-state index contributed by atoms with van der Waals surface area (Å²) < 4.78 is 13.4. The molecular weight excluding hydrogens is 279 g/mol. The number of rotatable bonds is 3. The zero-order chi connectivity index (χ0) is 14.5. The van der Waals surface area contributed by atoms with Gasteiger partial charge in [-0.25, -0.2) is 9.82 Å². The van der Waals surface area contributed by atoms with Crippen LogP contribution in [0.2, 0.25) is 5.02 Å². The van der Waals surface area contributed by atoms with Gasteiger partial charge in [-0.1, -0.05) is 35.9 Å². The largest absolute Gasteiger partial charge is 0.274 e. The van der Waals surface area contributed by atoms with Crippen molar-refractivity contribution < 1.29 is 9.18 Å². The fourth-order valence-electron chi connectivity index (χ4n) is 1.60. The van der Waals surface area contributed by atoms with Crippen molar-refractivity contribution in [2.24, 2.45) is 5.10 Å². The molecule has 3 nitrogen and oxygen atoms in total. The van der Waals surface area contributed by atoms with Gasteiger partial charge in [-0.15, -0.1) is 0 Å². The standard InChI is InChI=1S/C15H12ClFN2O/c1-10(11-6-8-12(16)9-7-11)18-19-15(20)13-4-2-3-5-14(13)17/h2-9H,1H3,(H,19,20)/b18-10+. The maximum Gasteiger partial charge on any atom is 0.274 e. The molecule has 0 fully saturated rings. The summed E-state index contributed by atoms with van der Waals surface area (Å²) in [7, 11) is 0. The number of nitrogens with zero attached hydrogens (tertiary/aromatic N) is 1. The van der Waals surface area contributed by atoms with Crippen LogP contribution in [0.5, 0.6) is 0 Å². The van der Waals surface area contributed by atoms with Crippen LogP contribution in [0.1, 0.15) is 22.8 Å². The van der Waals surface area contributed by atoms with E-state index in [2.05, 4.69) is 10.5 Å². The first kappa shape index (κ1) is 14.2. The Kier molecular flexibility index (Phi) is 4.48. The molecule has 0 aliphatic heterocycles. The molecule has 0 saturated heterocycles. The fraction of sp³-hybridized carbons (Fsp3) is 0.0667. The fourth-order valence-corrected chi connectivity index (χ4v) is 1.72. The van der Waals surface area contributed by atoms with E-state index in [9.17, 15) is 9.18 Å². The van der Waals surface area contributed by atoms with Gasteiger partial charge in [-0.2, -0.15) is 5.10 Å². The summed E-state index contributed by atoms with van der Waals surface area (Å²) in [6, 6.07) is 12.8. The van der Waals surface area contributed by atoms with Crippen molar-refractivity contribution in [1.82, 2.24) is 5.43 Å². The number of halogens is 2. The number of benzene rings is 2. The molecule has 0 saturated carbocycles. The van der Waals surface area contributed by atoms with E-state index in [0.717, 1.165) is 5.56 Å². The molecule has 2 rings (SSSR count). The number of hydrogen-bond donors (Lipinski definition) is 1. The molecule has 5 heteroatoms. The lowest BCUT2D eigenvalue weighted by molar-refractivity contribution is 0.0951. The van der Waals surface area contributed by atoms with Gasteiger partial charge >= 0.3 is 0 Å². The Morgan fingerprint density at radius 2 is 1.80 bits per heavy atom. The van der Waals surface area contributed by atoms with Crippen molar-refractivity contribution in [2.45, 2.75) is 6.92 Å². The Bertz CT molecular complexity index is 653. The van der Waals surface area contributed by atoms with Crippen molar-refractivity contribution >= 4 is 23.2 Å². The van der Waals surface area contributed by atoms with Gasteiger partial charge in [0.2, 0.25) is 0 Å². The molecule has 1 amide bonds. The van der Waals surface area contributed by atoms with Crippen LogP contribution in [0.3, 0.4) is 0 Å². The molecule has 2 aromatic carbocycles. The first-order chi connectivity index (χ1) is 9.58. The Balaban J connectivity index is 2.11. The van der Waals surface area contributed by atoms with Gasteiger partial charge < -0.3 is 0 Å². The summed E-state index contributed by atoms with van der Waals surface area (Å²) in [5.41, 5.74) is 3.71. The van der Waals surface area contributed by atoms with E-state index >= 15 is 0 Å². The lowest BCUT2D eigenvalue weighted by atomic mass is 10.1. The minimum atomic E-state index is -0.587. The summed E-state index contributed by atoms with van der Waals surface area (Å²) in [4.78, 5) is 11.8. The molecule has 0 aliphatic carbocycles. The van der Waals surface area contributed by atoms with Crippen LogP contribution in [-0.2, 0) is 0 Å². The molecule has 0 unspecified atom stereocenters. The van der Waals surface area contributed by atoms with Crippen LogP contribution in [0, 0.1) is 5.82 Å². The van der Waals surface area contributed by atoms with Gasteiger partial charge in [0.25, 0.3) is 5.91 Å². The third-order valence-electron chi connectivity index (χ3n) is 2.71. The number of hydrogen-bond acceptors (Lipinski definition) is 2. The first-order valence-electron chi connectivity index (χ1n) is 5.93. The Morgan fingerprint density at radius 3 is 2.45 bits per heavy atom. The highest BCUT2D eigenvalue weighted by atomic mass is 35.5. The van der Waals surface area contributed by atoms with Crippen molar-refractivity contribution in [1.29, 1.82) is 0 Å². The normalized spacial score (nSPS) is 11.2. The molecule has 2 aromatic rings. The molecule has 1 N–H and O–H groups in total. The zero-order valence-corrected chi connectivity index (χ0v) is 11.5. The minimum absolute atomic E-state index is 0.0415. The molecule has 0 radical (unpaired) electrons. The summed E-state index contributed by atoms with van der Waals surface area (Å²) in [6.45, 7) is 1.74. The second-order valence-corrected chi connectivity index (χ2v) is 4.56. The summed E-state index contributed by atoms with van der Waals surface area (Å²) >= 11 is 5.79. The van der Waals surface area contributed by atoms with Crippen LogP contribution in [0.15, 0.2) is 53.6 Å². The minimum Gasteiger partial charge on any atom is -0.267 e. The van der Waals surface area contributed by atoms with E-state index in [1.54, 1.807) is 37.3 Å². The average Bonchev–Trinajstić information content (AvgIpc) is 2.45. The maximum absolute atomic E-state index is 13.4. The molecule has 0 atom stereocenters. The highest BCUT2D eigenvalue weighted by Crippen LogP contribution is 2.10. The second-order valence-electron chi connectivity index (χ2n) is 4.12. The van der Waals surface area contributed by atoms with E-state index in [4.69, 9.17) is 11.6 Å². The predicted octanol–water partition coefficient (Wildman–Crippen LogP) is 3.63. The Hall–Kier alpha value is -2.20. The number of carbonyl (C=O) groups excluding carboxylic acids is 1. The quantitative estimate of drug-likeness (QED) is 0.680. The summed E-state index contributed by atoms with van der Waals surface area (Å²) in [5.74, 6) is -1.17. The third-order valence-corrected chi connectivity index (χ3v) is 2.96. The van der Waals surface area contributed by atoms with E-state index in [1.807, 2.05) is 0 Å². The van der Waals surface area contributed by atoms with Gasteiger partial charge in [-0.05, 0) is 36.8 Å². The molecule has 20 heavy (non-hydrogen) atoms. The molecule has 0 spiro atoms. The summed E-state index contributed by atoms with van der Waals surface area (Å²) in [5, 5.41) is 4.57. The van der Waals surface area contributed by atoms with Gasteiger partial charge in [0.05, 0.1) is 11.3 Å². The maximum atomic E-state index is 13.4. The smallest absolute Gasteiger partial charge is 0.267 e. The van der Waals surface area contributed by atoms with Crippen LogP contribution in [0.4, 0.5) is 4.39 Å². The van der Waals surface area contributed by atoms with Gasteiger partial charge in [-0.3, -0.25) is 4.79 Å². The van der Waals surface area contributed by atoms with Crippen LogP contribution >= 0.6 is 11.6 Å². The van der Waals surface area contributed by atoms with Crippen LogP contribution in [-0.4, -0.2) is 11.6 Å². The van der Waals surface area contributed by atoms with Crippen molar-refractivity contribution in [3.63, 3.8) is 0 Å². The van der Waals surface area contributed by atoms with Crippen LogP contribution < -0.4 is 5.43 Å². The number of hydrazone groups is 1. The summed E-state index contributed by atoms with van der Waals surface area (Å²) in [6.07, 6.45) is 0. The van der Waals surface area contributed by atoms with E-state index in [0.29, 0.717) is 10.7 Å². The van der Waals surface area contributed by atoms with Gasteiger partial charge in [0.1, 0.15) is 5.82 Å². The molecular formula is C15H12ClFN2O. The highest BCUT2D eigenvalue weighted by molar-refractivity contribution is 6.30. The molecule has 0 heterocycles. The molecule has 0 aliphatic rings. The molecule has 0 bridgehead atoms. The van der Waals surface area contributed by atoms with Crippen molar-refractivity contribution in [2.75, 3.05) is 0 Å². The van der Waals surface area contributed by atoms with Gasteiger partial charge in [0, 0.05) is 5.02 Å². The number of carbonyl (C=O) groups is 1. The van der Waals surface area contributed by atoms with Crippen molar-refractivity contribution in [3.05, 3.63) is 70.5 Å². The topological polar surface area (TPSA) is 41.5 Å². The molecule has 102 valence electrons. The Morgan fingerprint density at radius 1 is 1.15 bits per heavy atom. The highest BCUT2D eigenvalue weighted by Gasteiger charge is 2.09. The monoisotopic (exact) mass is 290 g/mol. The number of nitrogens with one attached hydrogen (secondary N) is 1. The predicted molar refractivity (Wildman–Crippen MR) is 77.5 cm³/mol. The average molecular weight is 291 g/mol. The first-order valence-corrected chi connectivity index (χ1v) is 6.31. The number of amides is 1.